The van der Waals surface area contributed by atoms with Crippen LogP contribution in [0.2, 0.25) is 0 Å². The molecule has 1 N–H and O–H groups in total. The van der Waals surface area contributed by atoms with Crippen molar-refractivity contribution >= 4 is 5.91 Å². The van der Waals surface area contributed by atoms with Crippen molar-refractivity contribution in [1.82, 2.24) is 15.2 Å². The van der Waals surface area contributed by atoms with Crippen LogP contribution in [0.25, 0.3) is 0 Å². The van der Waals surface area contributed by atoms with Crippen molar-refractivity contribution in [1.29, 1.82) is 0 Å². The highest BCUT2D eigenvalue weighted by Crippen LogP contribution is 2.41. The van der Waals surface area contributed by atoms with Gasteiger partial charge in [-0.05, 0) is 49.1 Å². The van der Waals surface area contributed by atoms with Gasteiger partial charge in [0, 0.05) is 30.5 Å². The van der Waals surface area contributed by atoms with E-state index in [1.54, 1.807) is 31.6 Å². The smallest absolute Gasteiger partial charge is 0.251 e. The van der Waals surface area contributed by atoms with E-state index < -0.39 is 0 Å². The molecule has 1 amide bonds. The highest BCUT2D eigenvalue weighted by atomic mass is 16.5. The summed E-state index contributed by atoms with van der Waals surface area (Å²) in [7, 11) is 1.69. The molecule has 0 unspecified atom stereocenters. The van der Waals surface area contributed by atoms with Crippen LogP contribution in [0.15, 0.2) is 48.8 Å². The van der Waals surface area contributed by atoms with Crippen LogP contribution in [0.1, 0.15) is 41.2 Å². The summed E-state index contributed by atoms with van der Waals surface area (Å²) in [6.07, 6.45) is 6.78. The fraction of sp³-hybridized carbons (Fsp3) is 0.400. The molecule has 1 aliphatic carbocycles. The summed E-state index contributed by atoms with van der Waals surface area (Å²) in [6.45, 7) is 1.02. The number of likely N-dealkylation sites (tertiary alicyclic amines) is 1. The van der Waals surface area contributed by atoms with Crippen molar-refractivity contribution < 1.29 is 9.53 Å². The molecule has 2 atom stereocenters. The molecule has 1 saturated heterocycles. The van der Waals surface area contributed by atoms with E-state index in [4.69, 9.17) is 4.74 Å². The molecule has 4 rings (SSSR count). The fourth-order valence-corrected chi connectivity index (χ4v) is 3.79. The number of nitrogens with one attached hydrogen (secondary N) is 1. The van der Waals surface area contributed by atoms with Gasteiger partial charge in [0.15, 0.2) is 0 Å². The topological polar surface area (TPSA) is 54.5 Å². The van der Waals surface area contributed by atoms with Gasteiger partial charge in [-0.25, -0.2) is 0 Å². The minimum atomic E-state index is -0.0297. The maximum absolute atomic E-state index is 12.6. The molecule has 1 aliphatic heterocycles. The highest BCUT2D eigenvalue weighted by Gasteiger charge is 2.43. The van der Waals surface area contributed by atoms with Crippen LogP contribution in [0.3, 0.4) is 0 Å². The minimum absolute atomic E-state index is 0.0297. The normalized spacial score (nSPS) is 23.4. The van der Waals surface area contributed by atoms with Crippen LogP contribution in [0.4, 0.5) is 0 Å². The molecular formula is C20H23N3O2. The maximum Gasteiger partial charge on any atom is 0.251 e. The SMILES string of the molecule is COc1cccc([C@H]2[C@@H](NC(=O)c3ccncc3)CCN2C2CC2)c1. The Morgan fingerprint density at radius 1 is 1.20 bits per heavy atom. The number of benzene rings is 1. The number of rotatable bonds is 5. The standard InChI is InChI=1S/C20H23N3O2/c1-25-17-4-2-3-15(13-17)19-18(9-12-23(19)16-5-6-16)22-20(24)14-7-10-21-11-8-14/h2-4,7-8,10-11,13,16,18-19H,5-6,9,12H2,1H3,(H,22,24)/t18-,19-/m0/s1. The predicted octanol–water partition coefficient (Wildman–Crippen LogP) is 2.80. The summed E-state index contributed by atoms with van der Waals surface area (Å²) >= 11 is 0. The Morgan fingerprint density at radius 3 is 2.72 bits per heavy atom. The van der Waals surface area contributed by atoms with Gasteiger partial charge in [-0.15, -0.1) is 0 Å². The van der Waals surface area contributed by atoms with E-state index >= 15 is 0 Å². The average molecular weight is 337 g/mol. The van der Waals surface area contributed by atoms with E-state index in [0.29, 0.717) is 11.6 Å². The summed E-state index contributed by atoms with van der Waals surface area (Å²) in [4.78, 5) is 19.1. The Kier molecular flexibility index (Phi) is 4.40. The lowest BCUT2D eigenvalue weighted by atomic mass is 9.99. The maximum atomic E-state index is 12.6. The molecule has 2 aromatic rings. The van der Waals surface area contributed by atoms with Crippen LogP contribution in [0.5, 0.6) is 5.75 Å². The molecular weight excluding hydrogens is 314 g/mol. The highest BCUT2D eigenvalue weighted by molar-refractivity contribution is 5.94. The lowest BCUT2D eigenvalue weighted by molar-refractivity contribution is 0.0923. The number of carbonyl (C=O) groups excluding carboxylic acids is 1. The summed E-state index contributed by atoms with van der Waals surface area (Å²) in [6, 6.07) is 12.7. The first-order valence-corrected chi connectivity index (χ1v) is 8.87. The quantitative estimate of drug-likeness (QED) is 0.911. The molecule has 1 saturated carbocycles. The number of hydrogen-bond acceptors (Lipinski definition) is 4. The van der Waals surface area contributed by atoms with Crippen LogP contribution >= 0.6 is 0 Å². The minimum Gasteiger partial charge on any atom is -0.497 e. The van der Waals surface area contributed by atoms with Crippen LogP contribution in [-0.2, 0) is 0 Å². The first kappa shape index (κ1) is 16.1. The Balaban J connectivity index is 1.58. The second-order valence-electron chi connectivity index (χ2n) is 6.79. The number of amides is 1. The van der Waals surface area contributed by atoms with Crippen molar-refractivity contribution in [3.8, 4) is 5.75 Å². The average Bonchev–Trinajstić information content (AvgIpc) is 3.43. The van der Waals surface area contributed by atoms with Gasteiger partial charge in [-0.1, -0.05) is 12.1 Å². The van der Waals surface area contributed by atoms with Crippen molar-refractivity contribution in [3.05, 3.63) is 59.9 Å². The second kappa shape index (κ2) is 6.84. The number of nitrogens with zero attached hydrogens (tertiary/aromatic N) is 2. The van der Waals surface area contributed by atoms with E-state index in [0.717, 1.165) is 18.7 Å². The van der Waals surface area contributed by atoms with Gasteiger partial charge in [0.1, 0.15) is 5.75 Å². The summed E-state index contributed by atoms with van der Waals surface area (Å²) < 4.78 is 5.40. The Bertz CT molecular complexity index is 746. The number of hydrogen-bond donors (Lipinski definition) is 1. The Labute approximate surface area is 148 Å². The van der Waals surface area contributed by atoms with Crippen LogP contribution < -0.4 is 10.1 Å². The molecule has 5 heteroatoms. The lowest BCUT2D eigenvalue weighted by Crippen LogP contribution is -2.40. The molecule has 2 aliphatic rings. The monoisotopic (exact) mass is 337 g/mol. The van der Waals surface area contributed by atoms with E-state index in [9.17, 15) is 4.79 Å². The van der Waals surface area contributed by atoms with E-state index in [1.807, 2.05) is 12.1 Å². The second-order valence-corrected chi connectivity index (χ2v) is 6.79. The molecule has 0 spiro atoms. The molecule has 2 fully saturated rings. The summed E-state index contributed by atoms with van der Waals surface area (Å²) in [5.74, 6) is 0.831. The largest absolute Gasteiger partial charge is 0.497 e. The molecule has 130 valence electrons. The summed E-state index contributed by atoms with van der Waals surface area (Å²) in [5.41, 5.74) is 1.87. The molecule has 25 heavy (non-hydrogen) atoms. The van der Waals surface area contributed by atoms with Crippen LogP contribution in [-0.4, -0.2) is 41.5 Å². The van der Waals surface area contributed by atoms with Gasteiger partial charge in [0.05, 0.1) is 19.2 Å². The van der Waals surface area contributed by atoms with Crippen molar-refractivity contribution in [2.45, 2.75) is 37.4 Å². The van der Waals surface area contributed by atoms with E-state index in [2.05, 4.69) is 27.3 Å². The number of ether oxygens (including phenoxy) is 1. The van der Waals surface area contributed by atoms with Gasteiger partial charge in [-0.2, -0.15) is 0 Å². The number of aromatic nitrogens is 1. The third kappa shape index (κ3) is 3.37. The number of pyridine rings is 1. The predicted molar refractivity (Wildman–Crippen MR) is 95.6 cm³/mol. The number of methoxy groups -OCH3 is 1. The molecule has 1 aromatic carbocycles. The zero-order valence-electron chi connectivity index (χ0n) is 14.4. The first-order chi connectivity index (χ1) is 12.3. The lowest BCUT2D eigenvalue weighted by Gasteiger charge is -2.29. The van der Waals surface area contributed by atoms with Gasteiger partial charge in [0.2, 0.25) is 0 Å². The molecule has 1 aromatic heterocycles. The van der Waals surface area contributed by atoms with Gasteiger partial charge < -0.3 is 10.1 Å². The van der Waals surface area contributed by atoms with Gasteiger partial charge in [-0.3, -0.25) is 14.7 Å². The van der Waals surface area contributed by atoms with Crippen molar-refractivity contribution in [3.63, 3.8) is 0 Å². The molecule has 2 heterocycles. The fourth-order valence-electron chi connectivity index (χ4n) is 3.79. The number of carbonyl (C=O) groups is 1. The molecule has 0 bridgehead atoms. The van der Waals surface area contributed by atoms with Crippen molar-refractivity contribution in [2.24, 2.45) is 0 Å². The third-order valence-corrected chi connectivity index (χ3v) is 5.15. The van der Waals surface area contributed by atoms with Crippen molar-refractivity contribution in [2.75, 3.05) is 13.7 Å². The van der Waals surface area contributed by atoms with E-state index in [1.165, 1.54) is 18.4 Å². The molecule has 5 nitrogen and oxygen atoms in total. The van der Waals surface area contributed by atoms with Crippen LogP contribution in [0, 0.1) is 0 Å². The first-order valence-electron chi connectivity index (χ1n) is 8.87. The summed E-state index contributed by atoms with van der Waals surface area (Å²) in [5, 5.41) is 3.24. The van der Waals surface area contributed by atoms with E-state index in [-0.39, 0.29) is 18.0 Å². The third-order valence-electron chi connectivity index (χ3n) is 5.15. The zero-order chi connectivity index (χ0) is 17.2. The zero-order valence-corrected chi connectivity index (χ0v) is 14.4. The Hall–Kier alpha value is -2.40. The van der Waals surface area contributed by atoms with Gasteiger partial charge in [0.25, 0.3) is 5.91 Å². The van der Waals surface area contributed by atoms with Gasteiger partial charge >= 0.3 is 0 Å². The Morgan fingerprint density at radius 2 is 2.00 bits per heavy atom. The molecule has 0 radical (unpaired) electrons.